The first-order chi connectivity index (χ1) is 11.6. The van der Waals surface area contributed by atoms with Crippen LogP contribution in [0.1, 0.15) is 50.9 Å². The third-order valence-corrected chi connectivity index (χ3v) is 5.67. The highest BCUT2D eigenvalue weighted by atomic mass is 32.1. The summed E-state index contributed by atoms with van der Waals surface area (Å²) in [6, 6.07) is 3.29. The van der Waals surface area contributed by atoms with E-state index in [1.54, 1.807) is 24.5 Å². The number of aromatic nitrogens is 1. The smallest absolute Gasteiger partial charge is 0.341 e. The van der Waals surface area contributed by atoms with Gasteiger partial charge in [0, 0.05) is 22.8 Å². The largest absolute Gasteiger partial charge is 0.465 e. The van der Waals surface area contributed by atoms with E-state index in [1.807, 2.05) is 0 Å². The van der Waals surface area contributed by atoms with Crippen molar-refractivity contribution in [1.29, 1.82) is 0 Å². The van der Waals surface area contributed by atoms with Gasteiger partial charge in [-0.15, -0.1) is 11.3 Å². The molecule has 0 fully saturated rings. The molecule has 0 saturated heterocycles. The van der Waals surface area contributed by atoms with E-state index in [-0.39, 0.29) is 11.9 Å². The summed E-state index contributed by atoms with van der Waals surface area (Å²) in [6.45, 7) is 2.19. The number of esters is 1. The number of ether oxygens (including phenoxy) is 1. The number of anilines is 1. The highest BCUT2D eigenvalue weighted by molar-refractivity contribution is 7.17. The monoisotopic (exact) mass is 344 g/mol. The van der Waals surface area contributed by atoms with Crippen molar-refractivity contribution in [3.8, 4) is 0 Å². The minimum Gasteiger partial charge on any atom is -0.465 e. The van der Waals surface area contributed by atoms with E-state index in [4.69, 9.17) is 4.74 Å². The molecule has 0 aliphatic heterocycles. The van der Waals surface area contributed by atoms with E-state index in [2.05, 4.69) is 17.2 Å². The van der Waals surface area contributed by atoms with Gasteiger partial charge in [0.25, 0.3) is 5.91 Å². The summed E-state index contributed by atoms with van der Waals surface area (Å²) in [5.41, 5.74) is 2.08. The zero-order valence-corrected chi connectivity index (χ0v) is 14.6. The van der Waals surface area contributed by atoms with Crippen LogP contribution >= 0.6 is 11.3 Å². The van der Waals surface area contributed by atoms with Crippen LogP contribution in [-0.2, 0) is 17.6 Å². The molecule has 3 rings (SSSR count). The highest BCUT2D eigenvalue weighted by Gasteiger charge is 2.29. The molecule has 0 spiro atoms. The summed E-state index contributed by atoms with van der Waals surface area (Å²) >= 11 is 1.50. The molecule has 1 atom stereocenters. The molecule has 126 valence electrons. The molecule has 24 heavy (non-hydrogen) atoms. The van der Waals surface area contributed by atoms with Gasteiger partial charge < -0.3 is 10.1 Å². The molecule has 0 saturated carbocycles. The predicted molar refractivity (Wildman–Crippen MR) is 93.7 cm³/mol. The van der Waals surface area contributed by atoms with Crippen LogP contribution in [-0.4, -0.2) is 24.0 Å². The maximum absolute atomic E-state index is 12.4. The Morgan fingerprint density at radius 1 is 1.38 bits per heavy atom. The molecule has 1 aliphatic rings. The lowest BCUT2D eigenvalue weighted by molar-refractivity contribution is 0.0601. The number of carbonyl (C=O) groups is 2. The number of fused-ring (bicyclic) bond motifs is 1. The summed E-state index contributed by atoms with van der Waals surface area (Å²) in [5, 5.41) is 3.47. The number of pyridine rings is 1. The highest BCUT2D eigenvalue weighted by Crippen LogP contribution is 2.40. The van der Waals surface area contributed by atoms with Crippen molar-refractivity contribution >= 4 is 28.2 Å². The molecule has 1 amide bonds. The normalized spacial score (nSPS) is 16.3. The first-order valence-corrected chi connectivity index (χ1v) is 8.89. The average molecular weight is 344 g/mol. The number of amides is 1. The third kappa shape index (κ3) is 3.19. The second-order valence-corrected chi connectivity index (χ2v) is 7.01. The van der Waals surface area contributed by atoms with Crippen molar-refractivity contribution in [3.05, 3.63) is 46.1 Å². The molecule has 0 aromatic carbocycles. The van der Waals surface area contributed by atoms with Gasteiger partial charge in [0.15, 0.2) is 0 Å². The summed E-state index contributed by atoms with van der Waals surface area (Å²) in [7, 11) is 1.37. The Kier molecular flexibility index (Phi) is 4.94. The number of hydrogen-bond donors (Lipinski definition) is 1. The molecule has 1 aliphatic carbocycles. The Labute approximate surface area is 145 Å². The van der Waals surface area contributed by atoms with Crippen LogP contribution < -0.4 is 5.32 Å². The van der Waals surface area contributed by atoms with Crippen LogP contribution in [0.5, 0.6) is 0 Å². The second kappa shape index (κ2) is 7.13. The first-order valence-electron chi connectivity index (χ1n) is 8.08. The van der Waals surface area contributed by atoms with Crippen molar-refractivity contribution in [1.82, 2.24) is 4.98 Å². The quantitative estimate of drug-likeness (QED) is 0.859. The van der Waals surface area contributed by atoms with Gasteiger partial charge in [0.2, 0.25) is 0 Å². The SMILES string of the molecule is CCC1CCc2c(sc(NC(=O)c3ccncc3)c2C(=O)OC)C1. The van der Waals surface area contributed by atoms with E-state index in [1.165, 1.54) is 23.3 Å². The summed E-state index contributed by atoms with van der Waals surface area (Å²) in [5.74, 6) is 0.0195. The van der Waals surface area contributed by atoms with Gasteiger partial charge in [-0.2, -0.15) is 0 Å². The summed E-state index contributed by atoms with van der Waals surface area (Å²) in [6.07, 6.45) is 7.17. The average Bonchev–Trinajstić information content (AvgIpc) is 2.98. The second-order valence-electron chi connectivity index (χ2n) is 5.91. The number of nitrogens with zero attached hydrogens (tertiary/aromatic N) is 1. The minimum atomic E-state index is -0.382. The van der Waals surface area contributed by atoms with Gasteiger partial charge in [-0.05, 0) is 42.9 Å². The fourth-order valence-corrected chi connectivity index (χ4v) is 4.43. The molecule has 6 heteroatoms. The Balaban J connectivity index is 1.94. The minimum absolute atomic E-state index is 0.242. The van der Waals surface area contributed by atoms with Gasteiger partial charge in [-0.25, -0.2) is 4.79 Å². The molecule has 0 radical (unpaired) electrons. The molecule has 2 aromatic rings. The van der Waals surface area contributed by atoms with Gasteiger partial charge in [-0.3, -0.25) is 9.78 Å². The molecule has 0 bridgehead atoms. The van der Waals surface area contributed by atoms with Crippen LogP contribution in [0.2, 0.25) is 0 Å². The zero-order chi connectivity index (χ0) is 17.1. The number of thiophene rings is 1. The number of methoxy groups -OCH3 is 1. The van der Waals surface area contributed by atoms with Gasteiger partial charge in [0.1, 0.15) is 5.00 Å². The standard InChI is InChI=1S/C18H20N2O3S/c1-3-11-4-5-13-14(10-11)24-17(15(13)18(22)23-2)20-16(21)12-6-8-19-9-7-12/h6-9,11H,3-5,10H2,1-2H3,(H,20,21). The Morgan fingerprint density at radius 3 is 2.79 bits per heavy atom. The maximum atomic E-state index is 12.4. The number of hydrogen-bond acceptors (Lipinski definition) is 5. The topological polar surface area (TPSA) is 68.3 Å². The lowest BCUT2D eigenvalue weighted by atomic mass is 9.85. The van der Waals surface area contributed by atoms with Crippen molar-refractivity contribution in [2.45, 2.75) is 32.6 Å². The zero-order valence-electron chi connectivity index (χ0n) is 13.8. The molecular weight excluding hydrogens is 324 g/mol. The molecule has 2 heterocycles. The Hall–Kier alpha value is -2.21. The van der Waals surface area contributed by atoms with Crippen LogP contribution in [0.25, 0.3) is 0 Å². The van der Waals surface area contributed by atoms with E-state index in [0.29, 0.717) is 22.0 Å². The number of nitrogens with one attached hydrogen (secondary N) is 1. The maximum Gasteiger partial charge on any atom is 0.341 e. The van der Waals surface area contributed by atoms with E-state index in [0.717, 1.165) is 31.2 Å². The van der Waals surface area contributed by atoms with Crippen molar-refractivity contribution < 1.29 is 14.3 Å². The molecule has 5 nitrogen and oxygen atoms in total. The molecule has 2 aromatic heterocycles. The lowest BCUT2D eigenvalue weighted by Crippen LogP contribution is -2.16. The van der Waals surface area contributed by atoms with Crippen LogP contribution in [0.4, 0.5) is 5.00 Å². The van der Waals surface area contributed by atoms with Crippen molar-refractivity contribution in [2.24, 2.45) is 5.92 Å². The Bertz CT molecular complexity index is 755. The van der Waals surface area contributed by atoms with Gasteiger partial charge >= 0.3 is 5.97 Å². The summed E-state index contributed by atoms with van der Waals surface area (Å²) in [4.78, 5) is 29.8. The van der Waals surface area contributed by atoms with Crippen LogP contribution in [0.3, 0.4) is 0 Å². The van der Waals surface area contributed by atoms with Crippen LogP contribution in [0, 0.1) is 5.92 Å². The lowest BCUT2D eigenvalue weighted by Gasteiger charge is -2.20. The van der Waals surface area contributed by atoms with Gasteiger partial charge in [0.05, 0.1) is 12.7 Å². The molecule has 1 unspecified atom stereocenters. The third-order valence-electron chi connectivity index (χ3n) is 4.50. The molecule has 1 N–H and O–H groups in total. The Morgan fingerprint density at radius 2 is 2.12 bits per heavy atom. The van der Waals surface area contributed by atoms with E-state index >= 15 is 0 Å². The van der Waals surface area contributed by atoms with E-state index < -0.39 is 0 Å². The number of rotatable bonds is 4. The van der Waals surface area contributed by atoms with Crippen molar-refractivity contribution in [2.75, 3.05) is 12.4 Å². The van der Waals surface area contributed by atoms with Crippen molar-refractivity contribution in [3.63, 3.8) is 0 Å². The van der Waals surface area contributed by atoms with Crippen LogP contribution in [0.15, 0.2) is 24.5 Å². The fraction of sp³-hybridized carbons (Fsp3) is 0.389. The van der Waals surface area contributed by atoms with Gasteiger partial charge in [-0.1, -0.05) is 13.3 Å². The van der Waals surface area contributed by atoms with E-state index in [9.17, 15) is 9.59 Å². The summed E-state index contributed by atoms with van der Waals surface area (Å²) < 4.78 is 4.95. The first kappa shape index (κ1) is 16.6. The fourth-order valence-electron chi connectivity index (χ4n) is 3.09. The molecular formula is C18H20N2O3S. The predicted octanol–water partition coefficient (Wildman–Crippen LogP) is 3.70. The number of carbonyl (C=O) groups excluding carboxylic acids is 2.